The number of hydrogen-bond donors (Lipinski definition) is 2. The topological polar surface area (TPSA) is 111 Å². The molecule has 8 heteroatoms. The Kier molecular flexibility index (Phi) is 5.22. The number of ether oxygens (including phenoxy) is 1. The normalized spacial score (nSPS) is 22.4. The molecule has 1 heterocycles. The number of allylic oxidation sites excluding steroid dienone is 1. The van der Waals surface area contributed by atoms with Gasteiger partial charge in [-0.05, 0) is 37.0 Å². The number of carbonyl (C=O) groups is 2. The highest BCUT2D eigenvalue weighted by atomic mass is 16.6. The van der Waals surface area contributed by atoms with E-state index < -0.39 is 22.9 Å². The molecule has 0 bridgehead atoms. The number of nitro benzene ring substituents is 1. The smallest absolute Gasteiger partial charge is 0.316 e. The summed E-state index contributed by atoms with van der Waals surface area (Å²) < 4.78 is 4.90. The summed E-state index contributed by atoms with van der Waals surface area (Å²) in [6, 6.07) is 11.8. The van der Waals surface area contributed by atoms with Crippen LogP contribution in [-0.4, -0.2) is 23.8 Å². The van der Waals surface area contributed by atoms with Gasteiger partial charge in [0, 0.05) is 22.9 Å². The van der Waals surface area contributed by atoms with Gasteiger partial charge in [0.25, 0.3) is 5.69 Å². The Morgan fingerprint density at radius 3 is 2.58 bits per heavy atom. The number of methoxy groups -OCH3 is 1. The van der Waals surface area contributed by atoms with Crippen molar-refractivity contribution in [2.24, 2.45) is 11.8 Å². The number of Topliss-reactive ketones (excluding diaryl/α,β-unsaturated/α-hetero) is 1. The predicted molar refractivity (Wildman–Crippen MR) is 116 cm³/mol. The molecule has 1 aliphatic carbocycles. The van der Waals surface area contributed by atoms with Gasteiger partial charge >= 0.3 is 5.97 Å². The lowest BCUT2D eigenvalue weighted by atomic mass is 9.74. The molecule has 8 nitrogen and oxygen atoms in total. The zero-order valence-electron chi connectivity index (χ0n) is 17.5. The van der Waals surface area contributed by atoms with Crippen molar-refractivity contribution in [2.45, 2.75) is 26.3 Å². The number of para-hydroxylation sites is 2. The standard InChI is InChI=1S/C23H23N3O5/c1-12-8-9-14(11-18(12)26(29)30)21-20-17(24-15-6-4-5-7-16(15)25-21)10-13(2)19(22(20)27)23(28)31-3/h4-9,11,13,19,21,24-25H,10H2,1-3H3/t13-,19+,21-/m1/s1. The third-order valence-electron chi connectivity index (χ3n) is 5.99. The average molecular weight is 421 g/mol. The van der Waals surface area contributed by atoms with E-state index in [0.717, 1.165) is 11.4 Å². The second-order valence-corrected chi connectivity index (χ2v) is 7.99. The molecule has 1 aliphatic heterocycles. The van der Waals surface area contributed by atoms with Crippen LogP contribution in [0.1, 0.15) is 30.5 Å². The highest BCUT2D eigenvalue weighted by Crippen LogP contribution is 2.44. The van der Waals surface area contributed by atoms with E-state index in [-0.39, 0.29) is 17.4 Å². The first-order valence-corrected chi connectivity index (χ1v) is 10.0. The number of ketones is 1. The van der Waals surface area contributed by atoms with Crippen molar-refractivity contribution in [3.63, 3.8) is 0 Å². The lowest BCUT2D eigenvalue weighted by Crippen LogP contribution is -2.39. The number of fused-ring (bicyclic) bond motifs is 1. The van der Waals surface area contributed by atoms with E-state index in [1.54, 1.807) is 19.1 Å². The molecule has 31 heavy (non-hydrogen) atoms. The van der Waals surface area contributed by atoms with Gasteiger partial charge in [-0.1, -0.05) is 31.2 Å². The summed E-state index contributed by atoms with van der Waals surface area (Å²) in [5, 5.41) is 18.3. The van der Waals surface area contributed by atoms with E-state index in [0.29, 0.717) is 28.8 Å². The molecule has 0 saturated heterocycles. The SMILES string of the molecule is COC(=O)[C@@H]1C(=O)C2=C(C[C@H]1C)Nc1ccccc1N[C@@H]2c1ccc(C)c([N+](=O)[O-])c1. The second kappa shape index (κ2) is 7.86. The lowest BCUT2D eigenvalue weighted by molar-refractivity contribution is -0.385. The van der Waals surface area contributed by atoms with Crippen molar-refractivity contribution in [2.75, 3.05) is 17.7 Å². The molecule has 4 rings (SSSR count). The Hall–Kier alpha value is -3.68. The van der Waals surface area contributed by atoms with E-state index in [2.05, 4.69) is 10.6 Å². The number of nitrogens with one attached hydrogen (secondary N) is 2. The van der Waals surface area contributed by atoms with Crippen LogP contribution < -0.4 is 10.6 Å². The zero-order chi connectivity index (χ0) is 22.3. The highest BCUT2D eigenvalue weighted by molar-refractivity contribution is 6.11. The van der Waals surface area contributed by atoms with Gasteiger partial charge in [0.15, 0.2) is 5.78 Å². The number of nitrogens with zero attached hydrogens (tertiary/aromatic N) is 1. The molecule has 0 radical (unpaired) electrons. The molecule has 0 aromatic heterocycles. The van der Waals surface area contributed by atoms with Gasteiger partial charge in [-0.2, -0.15) is 0 Å². The fourth-order valence-corrected chi connectivity index (χ4v) is 4.39. The van der Waals surface area contributed by atoms with Crippen LogP contribution in [0.15, 0.2) is 53.7 Å². The van der Waals surface area contributed by atoms with Gasteiger partial charge in [-0.25, -0.2) is 0 Å². The number of anilines is 2. The third-order valence-corrected chi connectivity index (χ3v) is 5.99. The molecule has 2 N–H and O–H groups in total. The van der Waals surface area contributed by atoms with Crippen molar-refractivity contribution in [1.29, 1.82) is 0 Å². The number of carbonyl (C=O) groups excluding carboxylic acids is 2. The maximum absolute atomic E-state index is 13.6. The van der Waals surface area contributed by atoms with Gasteiger partial charge in [0.05, 0.1) is 29.4 Å². The molecule has 0 fully saturated rings. The van der Waals surface area contributed by atoms with Crippen LogP contribution >= 0.6 is 0 Å². The maximum Gasteiger partial charge on any atom is 0.316 e. The van der Waals surface area contributed by atoms with Crippen molar-refractivity contribution < 1.29 is 19.2 Å². The lowest BCUT2D eigenvalue weighted by Gasteiger charge is -2.32. The van der Waals surface area contributed by atoms with Crippen LogP contribution in [0.2, 0.25) is 0 Å². The van der Waals surface area contributed by atoms with Crippen LogP contribution in [0.3, 0.4) is 0 Å². The number of esters is 1. The van der Waals surface area contributed by atoms with Crippen LogP contribution in [-0.2, 0) is 14.3 Å². The molecule has 2 aromatic rings. The van der Waals surface area contributed by atoms with Crippen molar-refractivity contribution in [3.8, 4) is 0 Å². The Morgan fingerprint density at radius 1 is 1.19 bits per heavy atom. The zero-order valence-corrected chi connectivity index (χ0v) is 17.5. The van der Waals surface area contributed by atoms with E-state index in [4.69, 9.17) is 4.74 Å². The molecule has 2 aliphatic rings. The van der Waals surface area contributed by atoms with E-state index in [9.17, 15) is 19.7 Å². The second-order valence-electron chi connectivity index (χ2n) is 7.99. The van der Waals surface area contributed by atoms with Crippen molar-refractivity contribution in [1.82, 2.24) is 0 Å². The quantitative estimate of drug-likeness (QED) is 0.332. The Balaban J connectivity index is 1.90. The van der Waals surface area contributed by atoms with Crippen LogP contribution in [0.25, 0.3) is 0 Å². The molecule has 2 aromatic carbocycles. The first kappa shape index (κ1) is 20.6. The monoisotopic (exact) mass is 421 g/mol. The maximum atomic E-state index is 13.6. The number of nitro groups is 1. The summed E-state index contributed by atoms with van der Waals surface area (Å²) in [6.07, 6.45) is 0.474. The molecule has 3 atom stereocenters. The van der Waals surface area contributed by atoms with Crippen molar-refractivity contribution >= 4 is 28.8 Å². The largest absolute Gasteiger partial charge is 0.468 e. The van der Waals surface area contributed by atoms with Crippen LogP contribution in [0.5, 0.6) is 0 Å². The van der Waals surface area contributed by atoms with E-state index >= 15 is 0 Å². The number of aryl methyl sites for hydroxylation is 1. The molecule has 0 saturated carbocycles. The third kappa shape index (κ3) is 3.54. The highest BCUT2D eigenvalue weighted by Gasteiger charge is 2.44. The first-order chi connectivity index (χ1) is 14.8. The summed E-state index contributed by atoms with van der Waals surface area (Å²) in [7, 11) is 1.27. The van der Waals surface area contributed by atoms with Crippen molar-refractivity contribution in [3.05, 3.63) is 75.0 Å². The Bertz CT molecular complexity index is 1120. The fourth-order valence-electron chi connectivity index (χ4n) is 4.39. The number of hydrogen-bond acceptors (Lipinski definition) is 7. The Morgan fingerprint density at radius 2 is 1.90 bits per heavy atom. The minimum absolute atomic E-state index is 0.0203. The molecule has 0 spiro atoms. The summed E-state index contributed by atoms with van der Waals surface area (Å²) >= 11 is 0. The summed E-state index contributed by atoms with van der Waals surface area (Å²) in [5.74, 6) is -2.07. The number of benzene rings is 2. The molecule has 160 valence electrons. The van der Waals surface area contributed by atoms with E-state index in [1.165, 1.54) is 13.2 Å². The van der Waals surface area contributed by atoms with Gasteiger partial charge < -0.3 is 15.4 Å². The fraction of sp³-hybridized carbons (Fsp3) is 0.304. The van der Waals surface area contributed by atoms with Gasteiger partial charge in [0.1, 0.15) is 5.92 Å². The average Bonchev–Trinajstić information content (AvgIpc) is 2.90. The van der Waals surface area contributed by atoms with Gasteiger partial charge in [0.2, 0.25) is 0 Å². The molecular formula is C23H23N3O5. The first-order valence-electron chi connectivity index (χ1n) is 10.0. The molecule has 0 unspecified atom stereocenters. The van der Waals surface area contributed by atoms with E-state index in [1.807, 2.05) is 31.2 Å². The summed E-state index contributed by atoms with van der Waals surface area (Å²) in [6.45, 7) is 3.52. The Labute approximate surface area is 179 Å². The summed E-state index contributed by atoms with van der Waals surface area (Å²) in [5.41, 5.74) is 3.77. The number of rotatable bonds is 3. The van der Waals surface area contributed by atoms with Gasteiger partial charge in [-0.15, -0.1) is 0 Å². The minimum atomic E-state index is -0.920. The van der Waals surface area contributed by atoms with Crippen LogP contribution in [0, 0.1) is 28.9 Å². The van der Waals surface area contributed by atoms with Crippen LogP contribution in [0.4, 0.5) is 17.1 Å². The summed E-state index contributed by atoms with van der Waals surface area (Å²) in [4.78, 5) is 37.1. The molecular weight excluding hydrogens is 398 g/mol. The van der Waals surface area contributed by atoms with Gasteiger partial charge in [-0.3, -0.25) is 19.7 Å². The molecule has 0 amide bonds. The predicted octanol–water partition coefficient (Wildman–Crippen LogP) is 4.13. The minimum Gasteiger partial charge on any atom is -0.468 e.